The van der Waals surface area contributed by atoms with Gasteiger partial charge in [0.25, 0.3) is 5.56 Å². The molecule has 2 aromatic heterocycles. The molecule has 0 bridgehead atoms. The molecule has 1 amide bonds. The number of nitrogens with one attached hydrogen (secondary N) is 2. The molecule has 1 atom stereocenters. The minimum Gasteiger partial charge on any atom is -0.493 e. The Morgan fingerprint density at radius 2 is 1.92 bits per heavy atom. The van der Waals surface area contributed by atoms with Crippen molar-refractivity contribution in [3.8, 4) is 5.75 Å². The number of ether oxygens (including phenoxy) is 2. The SMILES string of the molecule is C[C@@H](NC(=O)OC(C)(C)C)c1cc(F)cc(C(F)(F)F)c1OCCCc1nc2cnc(Cl)cc2c(=O)[nH]1. The number of H-pyrrole nitrogens is 1. The Labute approximate surface area is 214 Å². The molecule has 3 rings (SSSR count). The van der Waals surface area contributed by atoms with Gasteiger partial charge in [0.1, 0.15) is 33.7 Å². The first-order valence-electron chi connectivity index (χ1n) is 11.2. The fourth-order valence-corrected chi connectivity index (χ4v) is 3.63. The summed E-state index contributed by atoms with van der Waals surface area (Å²) in [5, 5.41) is 2.78. The molecule has 0 aliphatic rings. The Morgan fingerprint density at radius 1 is 1.22 bits per heavy atom. The Bertz CT molecular complexity index is 1360. The van der Waals surface area contributed by atoms with Crippen LogP contribution >= 0.6 is 11.6 Å². The highest BCUT2D eigenvalue weighted by atomic mass is 35.5. The van der Waals surface area contributed by atoms with E-state index in [0.717, 1.165) is 6.07 Å². The van der Waals surface area contributed by atoms with Crippen LogP contribution in [0.5, 0.6) is 5.75 Å². The number of nitrogens with zero attached hydrogens (tertiary/aromatic N) is 2. The zero-order valence-corrected chi connectivity index (χ0v) is 21.2. The number of halogens is 5. The Hall–Kier alpha value is -3.41. The Balaban J connectivity index is 1.80. The number of alkyl carbamates (subject to hydrolysis) is 1. The third kappa shape index (κ3) is 7.54. The number of carbonyl (C=O) groups excluding carboxylic acids is 1. The van der Waals surface area contributed by atoms with Crippen molar-refractivity contribution in [2.45, 2.75) is 58.4 Å². The summed E-state index contributed by atoms with van der Waals surface area (Å²) in [4.78, 5) is 35.2. The monoisotopic (exact) mass is 544 g/mol. The zero-order valence-electron chi connectivity index (χ0n) is 20.4. The van der Waals surface area contributed by atoms with E-state index in [9.17, 15) is 27.2 Å². The molecular weight excluding hydrogens is 520 g/mol. The van der Waals surface area contributed by atoms with Crippen molar-refractivity contribution < 1.29 is 31.8 Å². The molecule has 3 aromatic rings. The topological polar surface area (TPSA) is 106 Å². The lowest BCUT2D eigenvalue weighted by atomic mass is 10.0. The van der Waals surface area contributed by atoms with Crippen molar-refractivity contribution in [1.82, 2.24) is 20.3 Å². The average Bonchev–Trinajstić information content (AvgIpc) is 2.75. The largest absolute Gasteiger partial charge is 0.493 e. The van der Waals surface area contributed by atoms with Crippen LogP contribution in [0.3, 0.4) is 0 Å². The van der Waals surface area contributed by atoms with Crippen LogP contribution in [0.4, 0.5) is 22.4 Å². The predicted octanol–water partition coefficient (Wildman–Crippen LogP) is 5.73. The van der Waals surface area contributed by atoms with E-state index in [0.29, 0.717) is 11.6 Å². The number of aryl methyl sites for hydroxylation is 1. The van der Waals surface area contributed by atoms with Crippen molar-refractivity contribution in [3.63, 3.8) is 0 Å². The number of hydrogen-bond acceptors (Lipinski definition) is 6. The standard InChI is InChI=1S/C24H25ClF4N4O4/c1-12(31-22(35)37-23(2,3)4)14-8-13(26)9-16(24(27,28)29)20(14)36-7-5-6-19-32-17-11-30-18(25)10-15(17)21(34)33-19/h8-12H,5-7H2,1-4H3,(H,31,35)(H,32,33,34)/t12-/m1/s1. The van der Waals surface area contributed by atoms with Gasteiger partial charge in [-0.1, -0.05) is 11.6 Å². The lowest BCUT2D eigenvalue weighted by Gasteiger charge is -2.24. The quantitative estimate of drug-likeness (QED) is 0.224. The van der Waals surface area contributed by atoms with Crippen LogP contribution in [0.1, 0.15) is 57.1 Å². The van der Waals surface area contributed by atoms with Gasteiger partial charge in [-0.25, -0.2) is 19.2 Å². The minimum atomic E-state index is -4.92. The zero-order chi connectivity index (χ0) is 27.5. The van der Waals surface area contributed by atoms with Gasteiger partial charge >= 0.3 is 12.3 Å². The maximum absolute atomic E-state index is 14.2. The molecule has 0 radical (unpaired) electrons. The molecule has 0 saturated carbocycles. The average molecular weight is 545 g/mol. The van der Waals surface area contributed by atoms with Gasteiger partial charge in [0, 0.05) is 12.0 Å². The molecule has 8 nitrogen and oxygen atoms in total. The van der Waals surface area contributed by atoms with Gasteiger partial charge in [-0.15, -0.1) is 0 Å². The van der Waals surface area contributed by atoms with Gasteiger partial charge in [0.15, 0.2) is 0 Å². The highest BCUT2D eigenvalue weighted by Crippen LogP contribution is 2.41. The van der Waals surface area contributed by atoms with Crippen molar-refractivity contribution in [3.05, 3.63) is 62.7 Å². The number of aromatic amines is 1. The molecule has 2 heterocycles. The number of pyridine rings is 1. The Kier molecular flexibility index (Phi) is 8.31. The second-order valence-electron chi connectivity index (χ2n) is 9.23. The van der Waals surface area contributed by atoms with Crippen LogP contribution in [0.2, 0.25) is 5.15 Å². The number of alkyl halides is 3. The van der Waals surface area contributed by atoms with Gasteiger partial charge < -0.3 is 19.8 Å². The molecule has 0 aliphatic carbocycles. The van der Waals surface area contributed by atoms with E-state index in [1.165, 1.54) is 19.2 Å². The van der Waals surface area contributed by atoms with Gasteiger partial charge in [-0.2, -0.15) is 13.2 Å². The van der Waals surface area contributed by atoms with Gasteiger partial charge in [-0.05, 0) is 52.3 Å². The van der Waals surface area contributed by atoms with Crippen LogP contribution in [0, 0.1) is 5.82 Å². The van der Waals surface area contributed by atoms with E-state index in [2.05, 4.69) is 20.3 Å². The summed E-state index contributed by atoms with van der Waals surface area (Å²) in [6, 6.07) is 1.50. The summed E-state index contributed by atoms with van der Waals surface area (Å²) in [5.74, 6) is -1.48. The second kappa shape index (κ2) is 10.9. The van der Waals surface area contributed by atoms with Crippen LogP contribution < -0.4 is 15.6 Å². The smallest absolute Gasteiger partial charge is 0.420 e. The highest BCUT2D eigenvalue weighted by molar-refractivity contribution is 6.30. The van der Waals surface area contributed by atoms with Gasteiger partial charge in [-0.3, -0.25) is 4.79 Å². The summed E-state index contributed by atoms with van der Waals surface area (Å²) in [7, 11) is 0. The number of carbonyl (C=O) groups is 1. The van der Waals surface area contributed by atoms with E-state index in [1.54, 1.807) is 20.8 Å². The third-order valence-corrected chi connectivity index (χ3v) is 5.21. The molecule has 0 unspecified atom stereocenters. The summed E-state index contributed by atoms with van der Waals surface area (Å²) in [5.41, 5.74) is -2.50. The summed E-state index contributed by atoms with van der Waals surface area (Å²) in [6.07, 6.45) is -4.13. The van der Waals surface area contributed by atoms with Crippen molar-refractivity contribution >= 4 is 28.6 Å². The first-order valence-corrected chi connectivity index (χ1v) is 11.6. The van der Waals surface area contributed by atoms with Crippen molar-refractivity contribution in [2.24, 2.45) is 0 Å². The first-order chi connectivity index (χ1) is 17.1. The van der Waals surface area contributed by atoms with E-state index in [1.807, 2.05) is 0 Å². The minimum absolute atomic E-state index is 0.131. The lowest BCUT2D eigenvalue weighted by Crippen LogP contribution is -2.34. The molecule has 1 aromatic carbocycles. The molecule has 0 spiro atoms. The number of benzene rings is 1. The molecule has 13 heteroatoms. The van der Waals surface area contributed by atoms with Gasteiger partial charge in [0.2, 0.25) is 0 Å². The summed E-state index contributed by atoms with van der Waals surface area (Å²) < 4.78 is 66.0. The molecule has 37 heavy (non-hydrogen) atoms. The van der Waals surface area contributed by atoms with Crippen molar-refractivity contribution in [1.29, 1.82) is 0 Å². The van der Waals surface area contributed by atoms with E-state index < -0.39 is 46.6 Å². The maximum atomic E-state index is 14.2. The molecular formula is C24H25ClF4N4O4. The molecule has 0 aliphatic heterocycles. The maximum Gasteiger partial charge on any atom is 0.420 e. The molecule has 2 N–H and O–H groups in total. The second-order valence-corrected chi connectivity index (χ2v) is 9.61. The number of amides is 1. The normalized spacial score (nSPS) is 12.9. The van der Waals surface area contributed by atoms with Crippen LogP contribution in [0.15, 0.2) is 29.2 Å². The molecule has 0 saturated heterocycles. The lowest BCUT2D eigenvalue weighted by molar-refractivity contribution is -0.139. The molecule has 200 valence electrons. The number of fused-ring (bicyclic) bond motifs is 1. The van der Waals surface area contributed by atoms with Crippen LogP contribution in [-0.2, 0) is 17.3 Å². The van der Waals surface area contributed by atoms with Crippen LogP contribution in [-0.4, -0.2) is 33.3 Å². The first kappa shape index (κ1) is 28.2. The summed E-state index contributed by atoms with van der Waals surface area (Å²) in [6.45, 7) is 6.04. The van der Waals surface area contributed by atoms with Crippen LogP contribution in [0.25, 0.3) is 10.9 Å². The Morgan fingerprint density at radius 3 is 2.57 bits per heavy atom. The predicted molar refractivity (Wildman–Crippen MR) is 128 cm³/mol. The van der Waals surface area contributed by atoms with E-state index in [4.69, 9.17) is 21.1 Å². The molecule has 0 fully saturated rings. The van der Waals surface area contributed by atoms with Crippen molar-refractivity contribution in [2.75, 3.05) is 6.61 Å². The summed E-state index contributed by atoms with van der Waals surface area (Å²) >= 11 is 5.79. The third-order valence-electron chi connectivity index (χ3n) is 5.00. The van der Waals surface area contributed by atoms with Gasteiger partial charge in [0.05, 0.1) is 29.7 Å². The number of aromatic nitrogens is 3. The fourth-order valence-electron chi connectivity index (χ4n) is 3.47. The van der Waals surface area contributed by atoms with E-state index >= 15 is 0 Å². The number of rotatable bonds is 7. The highest BCUT2D eigenvalue weighted by Gasteiger charge is 2.37. The van der Waals surface area contributed by atoms with E-state index in [-0.39, 0.29) is 41.4 Å². The number of hydrogen-bond donors (Lipinski definition) is 2. The fraction of sp³-hybridized carbons (Fsp3) is 0.417.